The fourth-order valence-electron chi connectivity index (χ4n) is 0.764. The van der Waals surface area contributed by atoms with Gasteiger partial charge in [-0.05, 0) is 26.8 Å². The molecular weight excluding hydrogens is 182 g/mol. The van der Waals surface area contributed by atoms with E-state index < -0.39 is 11.7 Å². The van der Waals surface area contributed by atoms with E-state index in [0.717, 1.165) is 5.56 Å². The van der Waals surface area contributed by atoms with E-state index in [9.17, 15) is 4.79 Å². The molecule has 4 heteroatoms. The summed E-state index contributed by atoms with van der Waals surface area (Å²) in [6.45, 7) is 5.37. The first-order valence-electron chi connectivity index (χ1n) is 4.26. The molecule has 1 aromatic rings. The number of hydrogen-bond acceptors (Lipinski definition) is 3. The lowest BCUT2D eigenvalue weighted by molar-refractivity contribution is 0.0605. The monoisotopic (exact) mass is 195 g/mol. The molecule has 0 N–H and O–H groups in total. The predicted octanol–water partition coefficient (Wildman–Crippen LogP) is 2.63. The average Bonchev–Trinajstić information content (AvgIpc) is 2.49. The first-order chi connectivity index (χ1) is 6.47. The molecular formula is C10H13NO3. The lowest BCUT2D eigenvalue weighted by Crippen LogP contribution is -2.21. The molecule has 0 aliphatic carbocycles. The fourth-order valence-corrected chi connectivity index (χ4v) is 0.764. The van der Waals surface area contributed by atoms with Gasteiger partial charge in [-0.15, -0.1) is 0 Å². The minimum Gasteiger partial charge on any atom is -0.472 e. The summed E-state index contributed by atoms with van der Waals surface area (Å²) in [6.07, 6.45) is 3.81. The van der Waals surface area contributed by atoms with Crippen molar-refractivity contribution in [1.29, 1.82) is 0 Å². The minimum atomic E-state index is -0.598. The highest BCUT2D eigenvalue weighted by Gasteiger charge is 2.14. The maximum atomic E-state index is 11.1. The van der Waals surface area contributed by atoms with Gasteiger partial charge in [-0.25, -0.2) is 4.79 Å². The number of ether oxygens (including phenoxy) is 1. The zero-order valence-corrected chi connectivity index (χ0v) is 8.48. The van der Waals surface area contributed by atoms with Crippen LogP contribution in [0.25, 0.3) is 0 Å². The van der Waals surface area contributed by atoms with Crippen LogP contribution in [0.5, 0.6) is 0 Å². The molecule has 0 spiro atoms. The van der Waals surface area contributed by atoms with E-state index in [0.29, 0.717) is 0 Å². The number of carbonyl (C=O) groups is 1. The van der Waals surface area contributed by atoms with Gasteiger partial charge in [-0.3, -0.25) is 0 Å². The summed E-state index contributed by atoms with van der Waals surface area (Å²) in [6, 6.07) is 1.70. The number of amides is 1. The molecule has 0 saturated carbocycles. The van der Waals surface area contributed by atoms with Crippen LogP contribution in [0, 0.1) is 0 Å². The number of carbonyl (C=O) groups excluding carboxylic acids is 1. The Balaban J connectivity index is 2.49. The standard InChI is InChI=1S/C10H13NO3/c1-10(2,3)14-9(12)11-6-8-4-5-13-7-8/h4-7H,1-3H3/b11-6+. The number of aliphatic imine (C=N–C) groups is 1. The van der Waals surface area contributed by atoms with Gasteiger partial charge in [0.15, 0.2) is 0 Å². The highest BCUT2D eigenvalue weighted by molar-refractivity contribution is 5.88. The first kappa shape index (κ1) is 10.5. The van der Waals surface area contributed by atoms with E-state index in [1.807, 2.05) is 0 Å². The van der Waals surface area contributed by atoms with Gasteiger partial charge in [0.1, 0.15) is 5.60 Å². The maximum absolute atomic E-state index is 11.1. The van der Waals surface area contributed by atoms with Crippen molar-refractivity contribution in [2.75, 3.05) is 0 Å². The molecule has 0 aliphatic heterocycles. The van der Waals surface area contributed by atoms with Crippen LogP contribution < -0.4 is 0 Å². The minimum absolute atomic E-state index is 0.509. The van der Waals surface area contributed by atoms with Gasteiger partial charge in [-0.1, -0.05) is 0 Å². The Morgan fingerprint density at radius 3 is 2.79 bits per heavy atom. The molecule has 0 radical (unpaired) electrons. The van der Waals surface area contributed by atoms with Crippen molar-refractivity contribution in [2.45, 2.75) is 26.4 Å². The van der Waals surface area contributed by atoms with Crippen LogP contribution in [-0.4, -0.2) is 17.9 Å². The van der Waals surface area contributed by atoms with Crippen molar-refractivity contribution in [1.82, 2.24) is 0 Å². The van der Waals surface area contributed by atoms with Crippen LogP contribution in [-0.2, 0) is 4.74 Å². The number of hydrogen-bond donors (Lipinski definition) is 0. The van der Waals surface area contributed by atoms with Crippen LogP contribution in [0.15, 0.2) is 28.0 Å². The van der Waals surface area contributed by atoms with Crippen molar-refractivity contribution in [2.24, 2.45) is 4.99 Å². The molecule has 0 bridgehead atoms. The van der Waals surface area contributed by atoms with E-state index >= 15 is 0 Å². The molecule has 0 aromatic carbocycles. The van der Waals surface area contributed by atoms with Crippen LogP contribution >= 0.6 is 0 Å². The maximum Gasteiger partial charge on any atom is 0.434 e. The molecule has 1 aromatic heterocycles. The van der Waals surface area contributed by atoms with E-state index in [-0.39, 0.29) is 0 Å². The predicted molar refractivity (Wildman–Crippen MR) is 52.5 cm³/mol. The Labute approximate surface area is 82.6 Å². The van der Waals surface area contributed by atoms with Crippen molar-refractivity contribution in [3.05, 3.63) is 24.2 Å². The van der Waals surface area contributed by atoms with Gasteiger partial charge in [-0.2, -0.15) is 4.99 Å². The summed E-state index contributed by atoms with van der Waals surface area (Å²) < 4.78 is 9.77. The molecule has 1 rings (SSSR count). The topological polar surface area (TPSA) is 51.8 Å². The van der Waals surface area contributed by atoms with Crippen LogP contribution in [0.1, 0.15) is 26.3 Å². The zero-order valence-electron chi connectivity index (χ0n) is 8.48. The van der Waals surface area contributed by atoms with Crippen molar-refractivity contribution < 1.29 is 13.9 Å². The second-order valence-electron chi connectivity index (χ2n) is 3.80. The van der Waals surface area contributed by atoms with Crippen LogP contribution in [0.3, 0.4) is 0 Å². The zero-order chi connectivity index (χ0) is 10.6. The number of rotatable bonds is 1. The molecule has 0 atom stereocenters. The lowest BCUT2D eigenvalue weighted by Gasteiger charge is -2.16. The van der Waals surface area contributed by atoms with Gasteiger partial charge < -0.3 is 9.15 Å². The SMILES string of the molecule is CC(C)(C)OC(=O)/N=C/c1ccoc1. The Kier molecular flexibility index (Phi) is 3.06. The van der Waals surface area contributed by atoms with Gasteiger partial charge in [0.2, 0.25) is 0 Å². The smallest absolute Gasteiger partial charge is 0.434 e. The van der Waals surface area contributed by atoms with E-state index in [1.54, 1.807) is 26.8 Å². The van der Waals surface area contributed by atoms with Crippen molar-refractivity contribution in [3.8, 4) is 0 Å². The van der Waals surface area contributed by atoms with Gasteiger partial charge >= 0.3 is 6.09 Å². The third-order valence-electron chi connectivity index (χ3n) is 1.26. The summed E-state index contributed by atoms with van der Waals surface area (Å²) in [4.78, 5) is 14.7. The lowest BCUT2D eigenvalue weighted by atomic mass is 10.2. The molecule has 0 fully saturated rings. The summed E-state index contributed by atoms with van der Waals surface area (Å²) in [5, 5.41) is 0. The largest absolute Gasteiger partial charge is 0.472 e. The van der Waals surface area contributed by atoms with Crippen LogP contribution in [0.4, 0.5) is 4.79 Å². The average molecular weight is 195 g/mol. The Hall–Kier alpha value is -1.58. The summed E-state index contributed by atoms with van der Waals surface area (Å²) in [5.74, 6) is 0. The Morgan fingerprint density at radius 2 is 2.29 bits per heavy atom. The molecule has 14 heavy (non-hydrogen) atoms. The molecule has 76 valence electrons. The molecule has 0 aliphatic rings. The van der Waals surface area contributed by atoms with Crippen molar-refractivity contribution >= 4 is 12.3 Å². The highest BCUT2D eigenvalue weighted by Crippen LogP contribution is 2.07. The molecule has 1 amide bonds. The summed E-state index contributed by atoms with van der Waals surface area (Å²) >= 11 is 0. The normalized spacial score (nSPS) is 11.9. The fraction of sp³-hybridized carbons (Fsp3) is 0.400. The quantitative estimate of drug-likeness (QED) is 0.647. The Morgan fingerprint density at radius 1 is 1.57 bits per heavy atom. The number of nitrogens with zero attached hydrogens (tertiary/aromatic N) is 1. The molecule has 0 unspecified atom stereocenters. The Bertz CT molecular complexity index is 320. The number of furan rings is 1. The van der Waals surface area contributed by atoms with E-state index in [4.69, 9.17) is 9.15 Å². The van der Waals surface area contributed by atoms with Gasteiger partial charge in [0.25, 0.3) is 0 Å². The molecule has 4 nitrogen and oxygen atoms in total. The van der Waals surface area contributed by atoms with E-state index in [2.05, 4.69) is 4.99 Å². The molecule has 0 saturated heterocycles. The second kappa shape index (κ2) is 4.09. The third kappa shape index (κ3) is 3.89. The van der Waals surface area contributed by atoms with Gasteiger partial charge in [0, 0.05) is 11.8 Å². The van der Waals surface area contributed by atoms with Crippen molar-refractivity contribution in [3.63, 3.8) is 0 Å². The summed E-state index contributed by atoms with van der Waals surface area (Å²) in [5.41, 5.74) is 0.223. The third-order valence-corrected chi connectivity index (χ3v) is 1.26. The van der Waals surface area contributed by atoms with E-state index in [1.165, 1.54) is 18.7 Å². The first-order valence-corrected chi connectivity index (χ1v) is 4.26. The molecule has 1 heterocycles. The highest BCUT2D eigenvalue weighted by atomic mass is 16.6. The van der Waals surface area contributed by atoms with Gasteiger partial charge in [0.05, 0.1) is 12.5 Å². The second-order valence-corrected chi connectivity index (χ2v) is 3.80. The van der Waals surface area contributed by atoms with Crippen LogP contribution in [0.2, 0.25) is 0 Å². The summed E-state index contributed by atoms with van der Waals surface area (Å²) in [7, 11) is 0.